The second-order valence-corrected chi connectivity index (χ2v) is 4.81. The Morgan fingerprint density at radius 2 is 1.86 bits per heavy atom. The zero-order valence-electron chi connectivity index (χ0n) is 11.6. The van der Waals surface area contributed by atoms with Crippen molar-refractivity contribution >= 4 is 5.91 Å². The molecule has 0 fully saturated rings. The van der Waals surface area contributed by atoms with E-state index in [0.29, 0.717) is 0 Å². The minimum atomic E-state index is -0.801. The number of hydrogen-bond donors (Lipinski definition) is 2. The molecule has 2 rings (SSSR count). The van der Waals surface area contributed by atoms with Crippen LogP contribution in [0.5, 0.6) is 0 Å². The molecule has 2 N–H and O–H groups in total. The molecule has 2 aromatic rings. The van der Waals surface area contributed by atoms with Gasteiger partial charge >= 0.3 is 0 Å². The molecule has 21 heavy (non-hydrogen) atoms. The molecule has 0 bridgehead atoms. The molecular formula is C16H18N2O3. The average molecular weight is 286 g/mol. The predicted octanol–water partition coefficient (Wildman–Crippen LogP) is 0.568. The molecule has 1 aromatic carbocycles. The van der Waals surface area contributed by atoms with Gasteiger partial charge in [0.05, 0.1) is 19.1 Å². The molecule has 1 amide bonds. The van der Waals surface area contributed by atoms with Crippen molar-refractivity contribution in [3.8, 4) is 0 Å². The molecule has 0 spiro atoms. The first kappa shape index (κ1) is 15.0. The van der Waals surface area contributed by atoms with Gasteiger partial charge in [0.15, 0.2) is 0 Å². The van der Waals surface area contributed by atoms with Gasteiger partial charge in [0.1, 0.15) is 0 Å². The predicted molar refractivity (Wildman–Crippen MR) is 79.9 cm³/mol. The van der Waals surface area contributed by atoms with Crippen molar-refractivity contribution in [3.05, 3.63) is 70.6 Å². The van der Waals surface area contributed by atoms with Crippen LogP contribution in [0.4, 0.5) is 0 Å². The second-order valence-electron chi connectivity index (χ2n) is 4.81. The molecule has 0 aliphatic carbocycles. The number of aromatic nitrogens is 1. The van der Waals surface area contributed by atoms with Crippen LogP contribution < -0.4 is 10.9 Å². The van der Waals surface area contributed by atoms with E-state index >= 15 is 0 Å². The van der Waals surface area contributed by atoms with E-state index in [4.69, 9.17) is 0 Å². The van der Waals surface area contributed by atoms with Crippen molar-refractivity contribution in [1.29, 1.82) is 0 Å². The van der Waals surface area contributed by atoms with E-state index in [-0.39, 0.29) is 31.0 Å². The second kappa shape index (κ2) is 7.40. The van der Waals surface area contributed by atoms with Crippen LogP contribution >= 0.6 is 0 Å². The van der Waals surface area contributed by atoms with Gasteiger partial charge < -0.3 is 15.0 Å². The number of nitrogens with zero attached hydrogens (tertiary/aromatic N) is 1. The molecule has 0 aliphatic rings. The van der Waals surface area contributed by atoms with Crippen LogP contribution in [0, 0.1) is 0 Å². The molecule has 5 nitrogen and oxygen atoms in total. The minimum absolute atomic E-state index is 0.118. The Bertz CT molecular complexity index is 637. The normalized spacial score (nSPS) is 11.9. The van der Waals surface area contributed by atoms with Crippen LogP contribution in [0.25, 0.3) is 0 Å². The number of nitrogens with one attached hydrogen (secondary N) is 1. The number of aliphatic hydroxyl groups excluding tert-OH is 1. The number of aliphatic hydroxyl groups is 1. The Hall–Kier alpha value is -2.40. The molecule has 0 saturated heterocycles. The fourth-order valence-electron chi connectivity index (χ4n) is 1.98. The number of hydrogen-bond acceptors (Lipinski definition) is 3. The molecule has 5 heteroatoms. The topological polar surface area (TPSA) is 71.3 Å². The Morgan fingerprint density at radius 1 is 1.14 bits per heavy atom. The molecule has 1 heterocycles. The van der Waals surface area contributed by atoms with Crippen molar-refractivity contribution in [3.63, 3.8) is 0 Å². The summed E-state index contributed by atoms with van der Waals surface area (Å²) in [6, 6.07) is 14.2. The lowest BCUT2D eigenvalue weighted by Gasteiger charge is -2.13. The third-order valence-corrected chi connectivity index (χ3v) is 3.05. The van der Waals surface area contributed by atoms with E-state index in [1.807, 2.05) is 30.3 Å². The highest BCUT2D eigenvalue weighted by Gasteiger charge is 2.09. The SMILES string of the molecule is O=C(Cc1ccccc1)NCC(O)Cn1ccccc1=O. The lowest BCUT2D eigenvalue weighted by molar-refractivity contribution is -0.120. The molecule has 0 saturated carbocycles. The van der Waals surface area contributed by atoms with Crippen LogP contribution in [0.15, 0.2) is 59.5 Å². The van der Waals surface area contributed by atoms with Crippen LogP contribution in [-0.2, 0) is 17.8 Å². The largest absolute Gasteiger partial charge is 0.389 e. The summed E-state index contributed by atoms with van der Waals surface area (Å²) in [6.45, 7) is 0.276. The number of carbonyl (C=O) groups is 1. The maximum Gasteiger partial charge on any atom is 0.250 e. The lowest BCUT2D eigenvalue weighted by atomic mass is 10.1. The molecule has 110 valence electrons. The summed E-state index contributed by atoms with van der Waals surface area (Å²) in [5.74, 6) is -0.152. The number of benzene rings is 1. The zero-order chi connectivity index (χ0) is 15.1. The highest BCUT2D eigenvalue weighted by Crippen LogP contribution is 1.99. The fraction of sp³-hybridized carbons (Fsp3) is 0.250. The van der Waals surface area contributed by atoms with Gasteiger partial charge in [0.2, 0.25) is 5.91 Å². The van der Waals surface area contributed by atoms with Crippen LogP contribution in [-0.4, -0.2) is 28.2 Å². The Morgan fingerprint density at radius 3 is 2.57 bits per heavy atom. The van der Waals surface area contributed by atoms with E-state index in [9.17, 15) is 14.7 Å². The van der Waals surface area contributed by atoms with Gasteiger partial charge in [0.25, 0.3) is 5.56 Å². The summed E-state index contributed by atoms with van der Waals surface area (Å²) in [5.41, 5.74) is 0.746. The smallest absolute Gasteiger partial charge is 0.250 e. The summed E-state index contributed by atoms with van der Waals surface area (Å²) in [4.78, 5) is 23.2. The van der Waals surface area contributed by atoms with Crippen LogP contribution in [0.2, 0.25) is 0 Å². The molecule has 1 aromatic heterocycles. The lowest BCUT2D eigenvalue weighted by Crippen LogP contribution is -2.37. The van der Waals surface area contributed by atoms with Gasteiger partial charge in [0, 0.05) is 18.8 Å². The van der Waals surface area contributed by atoms with Crippen LogP contribution in [0.3, 0.4) is 0 Å². The maximum atomic E-state index is 11.7. The van der Waals surface area contributed by atoms with Crippen molar-refractivity contribution in [2.45, 2.75) is 19.1 Å². The summed E-state index contributed by atoms with van der Waals surface area (Å²) >= 11 is 0. The van der Waals surface area contributed by atoms with Crippen LogP contribution in [0.1, 0.15) is 5.56 Å². The molecule has 0 aliphatic heterocycles. The van der Waals surface area contributed by atoms with E-state index in [2.05, 4.69) is 5.32 Å². The first-order chi connectivity index (χ1) is 10.1. The van der Waals surface area contributed by atoms with Crippen molar-refractivity contribution < 1.29 is 9.90 Å². The van der Waals surface area contributed by atoms with E-state index < -0.39 is 6.10 Å². The number of rotatable bonds is 6. The first-order valence-electron chi connectivity index (χ1n) is 6.79. The summed E-state index contributed by atoms with van der Waals surface area (Å²) < 4.78 is 1.41. The van der Waals surface area contributed by atoms with Gasteiger partial charge in [-0.3, -0.25) is 9.59 Å². The minimum Gasteiger partial charge on any atom is -0.389 e. The van der Waals surface area contributed by atoms with Gasteiger partial charge in [-0.15, -0.1) is 0 Å². The van der Waals surface area contributed by atoms with Gasteiger partial charge in [-0.2, -0.15) is 0 Å². The Labute approximate surface area is 122 Å². The monoisotopic (exact) mass is 286 g/mol. The van der Waals surface area contributed by atoms with Gasteiger partial charge in [-0.1, -0.05) is 36.4 Å². The van der Waals surface area contributed by atoms with Crippen molar-refractivity contribution in [2.75, 3.05) is 6.54 Å². The Kier molecular flexibility index (Phi) is 5.29. The molecular weight excluding hydrogens is 268 g/mol. The van der Waals surface area contributed by atoms with Crippen molar-refractivity contribution in [1.82, 2.24) is 9.88 Å². The summed E-state index contributed by atoms with van der Waals surface area (Å²) in [5, 5.41) is 12.5. The van der Waals surface area contributed by atoms with E-state index in [1.54, 1.807) is 18.3 Å². The number of pyridine rings is 1. The summed E-state index contributed by atoms with van der Waals surface area (Å²) in [7, 11) is 0. The van der Waals surface area contributed by atoms with Gasteiger partial charge in [-0.05, 0) is 11.6 Å². The Balaban J connectivity index is 1.79. The molecule has 0 radical (unpaired) electrons. The highest BCUT2D eigenvalue weighted by molar-refractivity contribution is 5.78. The van der Waals surface area contributed by atoms with E-state index in [1.165, 1.54) is 10.6 Å². The quantitative estimate of drug-likeness (QED) is 0.815. The summed E-state index contributed by atoms with van der Waals surface area (Å²) in [6.07, 6.45) is 1.08. The third kappa shape index (κ3) is 4.89. The number of carbonyl (C=O) groups excluding carboxylic acids is 1. The molecule has 1 unspecified atom stereocenters. The maximum absolute atomic E-state index is 11.7. The van der Waals surface area contributed by atoms with E-state index in [0.717, 1.165) is 5.56 Å². The average Bonchev–Trinajstić information content (AvgIpc) is 2.49. The van der Waals surface area contributed by atoms with Gasteiger partial charge in [-0.25, -0.2) is 0 Å². The first-order valence-corrected chi connectivity index (χ1v) is 6.79. The third-order valence-electron chi connectivity index (χ3n) is 3.05. The number of amides is 1. The zero-order valence-corrected chi connectivity index (χ0v) is 11.6. The standard InChI is InChI=1S/C16H18N2O3/c19-14(12-18-9-5-4-8-16(18)21)11-17-15(20)10-13-6-2-1-3-7-13/h1-9,14,19H,10-12H2,(H,17,20). The molecule has 1 atom stereocenters. The fourth-order valence-corrected chi connectivity index (χ4v) is 1.98. The highest BCUT2D eigenvalue weighted by atomic mass is 16.3. The van der Waals surface area contributed by atoms with Crippen molar-refractivity contribution in [2.24, 2.45) is 0 Å².